The van der Waals surface area contributed by atoms with E-state index in [1.165, 1.54) is 0 Å². The molecule has 13 heteroatoms. The Morgan fingerprint density at radius 1 is 0.984 bits per heavy atom. The summed E-state index contributed by atoms with van der Waals surface area (Å²) in [5, 5.41) is 24.8. The van der Waals surface area contributed by atoms with Gasteiger partial charge >= 0.3 is 6.09 Å². The van der Waals surface area contributed by atoms with Gasteiger partial charge in [0, 0.05) is 57.3 Å². The van der Waals surface area contributed by atoms with Crippen molar-refractivity contribution in [1.29, 1.82) is 0 Å². The van der Waals surface area contributed by atoms with Crippen LogP contribution in [0.15, 0.2) is 78.5 Å². The number of allylic oxidation sites excluding steroid dienone is 1. The molecule has 0 aromatic heterocycles. The lowest BCUT2D eigenvalue weighted by Gasteiger charge is -2.60. The fraction of sp³-hybridized carbons (Fsp3) is 0.583. The summed E-state index contributed by atoms with van der Waals surface area (Å²) in [7, 11) is 0. The van der Waals surface area contributed by atoms with Crippen LogP contribution < -0.4 is 18.9 Å². The summed E-state index contributed by atoms with van der Waals surface area (Å²) in [6.07, 6.45) is 10.7. The van der Waals surface area contributed by atoms with E-state index < -0.39 is 29.4 Å². The second-order valence-corrected chi connectivity index (χ2v) is 17.7. The number of aliphatic hydroxyl groups excluding tert-OH is 2. The predicted octanol–water partition coefficient (Wildman–Crippen LogP) is 7.76. The second-order valence-electron chi connectivity index (χ2n) is 17.7. The molecule has 1 saturated heterocycles. The maximum atomic E-state index is 14.7. The van der Waals surface area contributed by atoms with Crippen molar-refractivity contribution >= 4 is 11.8 Å². The molecule has 2 fully saturated rings. The Hall–Kier alpha value is -4.56. The molecule has 0 bridgehead atoms. The number of rotatable bonds is 22. The number of nitrogens with zero attached hydrogens (tertiary/aromatic N) is 3. The number of hydrogen-bond donors (Lipinski definition) is 2. The van der Waals surface area contributed by atoms with E-state index in [1.54, 1.807) is 17.1 Å². The number of oxime groups is 1. The summed E-state index contributed by atoms with van der Waals surface area (Å²) in [6, 6.07) is 11.0. The van der Waals surface area contributed by atoms with Gasteiger partial charge < -0.3 is 43.5 Å². The number of carbonyl (C=O) groups excluding carboxylic acids is 1. The molecule has 1 saturated carbocycles. The monoisotopic (exact) mass is 843 g/mol. The van der Waals surface area contributed by atoms with E-state index in [-0.39, 0.29) is 63.9 Å². The molecule has 0 radical (unpaired) electrons. The average Bonchev–Trinajstić information content (AvgIpc) is 3.95. The molecule has 3 aliphatic heterocycles. The summed E-state index contributed by atoms with van der Waals surface area (Å²) in [5.74, 6) is 0.736. The molecule has 13 nitrogen and oxygen atoms in total. The van der Waals surface area contributed by atoms with Crippen molar-refractivity contribution in [3.8, 4) is 23.0 Å². The zero-order valence-corrected chi connectivity index (χ0v) is 36.2. The van der Waals surface area contributed by atoms with Gasteiger partial charge in [-0.25, -0.2) is 4.79 Å². The standard InChI is InChI=1S/C48H65N3O10/c1-6-8-25-56-46(54)51(31-33-15-17-41-42(27-33)58-32-57-41)43-30-39(49-61-47(3,4)5)37-28-34(13-9-11-22-52)36(14-10-12-23-53)44-38-29-35(55-26-21-50-19-20-50)16-18-40(38)60-48(43,45(37)44)59-24-7-2/h6-7,15-18,27-29,34,36,43-45,52-53H,1-2,8-14,19-26,30-32H2,3-5H3/t34-,36+,43-,44+,45+,48+/m0/s1. The van der Waals surface area contributed by atoms with Crippen LogP contribution in [-0.2, 0) is 20.9 Å². The largest absolute Gasteiger partial charge is 0.492 e. The minimum Gasteiger partial charge on any atom is -0.492 e. The van der Waals surface area contributed by atoms with Crippen molar-refractivity contribution in [2.75, 3.05) is 59.5 Å². The summed E-state index contributed by atoms with van der Waals surface area (Å²) >= 11 is 0. The molecule has 3 heterocycles. The first-order chi connectivity index (χ1) is 29.6. The van der Waals surface area contributed by atoms with Crippen LogP contribution in [0, 0.1) is 17.8 Å². The average molecular weight is 844 g/mol. The van der Waals surface area contributed by atoms with Gasteiger partial charge in [-0.3, -0.25) is 9.80 Å². The van der Waals surface area contributed by atoms with Crippen molar-refractivity contribution in [3.05, 3.63) is 84.5 Å². The van der Waals surface area contributed by atoms with E-state index in [4.69, 9.17) is 38.4 Å². The first kappa shape index (κ1) is 44.5. The molecule has 2 aromatic rings. The normalized spacial score (nSPS) is 25.4. The fourth-order valence-electron chi connectivity index (χ4n) is 9.37. The van der Waals surface area contributed by atoms with Crippen LogP contribution in [0.5, 0.6) is 23.0 Å². The Balaban J connectivity index is 1.43. The molecular formula is C48H65N3O10. The highest BCUT2D eigenvalue weighted by molar-refractivity contribution is 6.03. The Bertz CT molecular complexity index is 1910. The second kappa shape index (κ2) is 20.1. The maximum absolute atomic E-state index is 14.7. The van der Waals surface area contributed by atoms with E-state index in [2.05, 4.69) is 30.2 Å². The zero-order valence-electron chi connectivity index (χ0n) is 36.2. The molecule has 0 unspecified atom stereocenters. The van der Waals surface area contributed by atoms with E-state index in [0.29, 0.717) is 48.8 Å². The molecule has 332 valence electrons. The quantitative estimate of drug-likeness (QED) is 0.0520. The summed E-state index contributed by atoms with van der Waals surface area (Å²) in [5.41, 5.74) is 2.88. The van der Waals surface area contributed by atoms with Crippen LogP contribution in [-0.4, -0.2) is 109 Å². The molecule has 61 heavy (non-hydrogen) atoms. The minimum atomic E-state index is -1.45. The summed E-state index contributed by atoms with van der Waals surface area (Å²) in [4.78, 5) is 25.1. The highest BCUT2D eigenvalue weighted by atomic mass is 16.7. The third-order valence-corrected chi connectivity index (χ3v) is 12.2. The topological polar surface area (TPSA) is 141 Å². The number of ether oxygens (including phenoxy) is 6. The number of unbranched alkanes of at least 4 members (excludes halogenated alkanes) is 2. The van der Waals surface area contributed by atoms with Gasteiger partial charge in [-0.2, -0.15) is 0 Å². The zero-order chi connectivity index (χ0) is 43.0. The summed E-state index contributed by atoms with van der Waals surface area (Å²) in [6.45, 7) is 18.2. The highest BCUT2D eigenvalue weighted by Gasteiger charge is 2.65. The maximum Gasteiger partial charge on any atom is 0.410 e. The predicted molar refractivity (Wildman–Crippen MR) is 232 cm³/mol. The number of aliphatic hydroxyl groups is 2. The smallest absolute Gasteiger partial charge is 0.410 e. The van der Waals surface area contributed by atoms with Crippen molar-refractivity contribution < 1.29 is 48.3 Å². The number of amides is 1. The Labute approximate surface area is 360 Å². The van der Waals surface area contributed by atoms with Gasteiger partial charge in [-0.1, -0.05) is 42.3 Å². The molecule has 2 N–H and O–H groups in total. The van der Waals surface area contributed by atoms with Gasteiger partial charge in [-0.15, -0.1) is 13.2 Å². The van der Waals surface area contributed by atoms with Crippen molar-refractivity contribution in [2.24, 2.45) is 22.9 Å². The number of hydrogen-bond acceptors (Lipinski definition) is 12. The first-order valence-corrected chi connectivity index (χ1v) is 22.1. The Kier molecular flexibility index (Phi) is 14.7. The molecule has 0 spiro atoms. The molecule has 5 aliphatic rings. The van der Waals surface area contributed by atoms with E-state index >= 15 is 0 Å². The van der Waals surface area contributed by atoms with Gasteiger partial charge in [0.2, 0.25) is 12.6 Å². The van der Waals surface area contributed by atoms with Crippen LogP contribution in [0.4, 0.5) is 4.79 Å². The summed E-state index contributed by atoms with van der Waals surface area (Å²) < 4.78 is 38.3. The van der Waals surface area contributed by atoms with Gasteiger partial charge in [0.15, 0.2) is 11.5 Å². The van der Waals surface area contributed by atoms with E-state index in [9.17, 15) is 15.0 Å². The fourth-order valence-corrected chi connectivity index (χ4v) is 9.37. The van der Waals surface area contributed by atoms with Gasteiger partial charge in [0.25, 0.3) is 0 Å². The van der Waals surface area contributed by atoms with E-state index in [0.717, 1.165) is 67.8 Å². The molecular weight excluding hydrogens is 779 g/mol. The lowest BCUT2D eigenvalue weighted by molar-refractivity contribution is -0.256. The first-order valence-electron chi connectivity index (χ1n) is 22.1. The molecule has 1 amide bonds. The van der Waals surface area contributed by atoms with Crippen molar-refractivity contribution in [1.82, 2.24) is 9.80 Å². The third kappa shape index (κ3) is 10.4. The van der Waals surface area contributed by atoms with Crippen LogP contribution >= 0.6 is 0 Å². The van der Waals surface area contributed by atoms with Crippen molar-refractivity contribution in [3.63, 3.8) is 0 Å². The van der Waals surface area contributed by atoms with Crippen LogP contribution in [0.1, 0.15) is 89.2 Å². The van der Waals surface area contributed by atoms with Crippen LogP contribution in [0.2, 0.25) is 0 Å². The van der Waals surface area contributed by atoms with Gasteiger partial charge in [0.05, 0.1) is 24.8 Å². The highest BCUT2D eigenvalue weighted by Crippen LogP contribution is 2.62. The number of benzene rings is 2. The molecule has 6 atom stereocenters. The van der Waals surface area contributed by atoms with Gasteiger partial charge in [-0.05, 0) is 106 Å². The van der Waals surface area contributed by atoms with Crippen LogP contribution in [0.3, 0.4) is 0 Å². The van der Waals surface area contributed by atoms with Gasteiger partial charge in [0.1, 0.15) is 29.7 Å². The SMILES string of the molecule is C=CCCOC(=O)N(Cc1ccc2c(c1)OCO2)[C@H]1CC(=NOC(C)(C)C)C2=C[C@H](CCCCO)[C@@H](CCCCO)[C@@H]3c4cc(OCCN5CC5)ccc4O[C@@]1(OCC=C)[C@H]23. The van der Waals surface area contributed by atoms with Crippen LogP contribution in [0.25, 0.3) is 0 Å². The van der Waals surface area contributed by atoms with E-state index in [1.807, 2.05) is 51.1 Å². The molecule has 2 aromatic carbocycles. The molecule has 2 aliphatic carbocycles. The Morgan fingerprint density at radius 2 is 1.75 bits per heavy atom. The minimum absolute atomic E-state index is 0.0755. The molecule has 7 rings (SSSR count). The third-order valence-electron chi connectivity index (χ3n) is 12.2. The number of fused-ring (bicyclic) bond motifs is 3. The van der Waals surface area contributed by atoms with Crippen molar-refractivity contribution in [2.45, 2.75) is 102 Å². The lowest BCUT2D eigenvalue weighted by atomic mass is 9.55. The number of carbonyl (C=O) groups is 1. The lowest BCUT2D eigenvalue weighted by Crippen LogP contribution is -2.70. The Morgan fingerprint density at radius 3 is 2.49 bits per heavy atom.